The number of rotatable bonds is 10. The van der Waals surface area contributed by atoms with Crippen molar-refractivity contribution >= 4 is 27.5 Å². The second-order valence-corrected chi connectivity index (χ2v) is 15.6. The predicted molar refractivity (Wildman–Crippen MR) is 171 cm³/mol. The minimum atomic E-state index is -4.56. The van der Waals surface area contributed by atoms with Gasteiger partial charge in [0.15, 0.2) is 9.84 Å². The van der Waals surface area contributed by atoms with Crippen LogP contribution in [0.15, 0.2) is 65.6 Å². The summed E-state index contributed by atoms with van der Waals surface area (Å²) in [5, 5.41) is 6.27. The van der Waals surface area contributed by atoms with Crippen molar-refractivity contribution in [3.05, 3.63) is 71.8 Å². The molecule has 2 aromatic carbocycles. The zero-order valence-corrected chi connectivity index (χ0v) is 28.1. The summed E-state index contributed by atoms with van der Waals surface area (Å²) in [6.45, 7) is 10.6. The number of ether oxygens (including phenoxy) is 2. The molecule has 0 aromatic heterocycles. The van der Waals surface area contributed by atoms with E-state index in [2.05, 4.69) is 10.6 Å². The molecule has 3 rings (SSSR count). The van der Waals surface area contributed by atoms with E-state index in [1.807, 2.05) is 0 Å². The van der Waals surface area contributed by atoms with Crippen molar-refractivity contribution in [3.8, 4) is 0 Å². The summed E-state index contributed by atoms with van der Waals surface area (Å²) >= 11 is 0. The number of hydrogen-bond donors (Lipinski definition) is 2. The second kappa shape index (κ2) is 15.0. The van der Waals surface area contributed by atoms with E-state index in [1.165, 1.54) is 18.2 Å². The lowest BCUT2D eigenvalue weighted by Gasteiger charge is -2.37. The molecule has 1 amide bonds. The Morgan fingerprint density at radius 2 is 1.57 bits per heavy atom. The number of benzene rings is 2. The highest BCUT2D eigenvalue weighted by Crippen LogP contribution is 2.32. The standard InChI is InChI=1S/C34H45F3N2O6S/c1-32(2,3)44-30(40)21-24(23-11-10-12-26(19-23)34(35,36)37)17-18-38-29-16-15-27(39-31(41)45-33(4,5)6)20-25(29)22-46(42,43)28-13-8-7-9-14-28/h7-14,19,21,25,27,29,38H,15-18,20,22H2,1-6H3,(H,39,41)/t25-,27+,29-/m0/s1. The van der Waals surface area contributed by atoms with E-state index in [4.69, 9.17) is 9.47 Å². The van der Waals surface area contributed by atoms with Crippen LogP contribution >= 0.6 is 0 Å². The summed E-state index contributed by atoms with van der Waals surface area (Å²) in [7, 11) is -3.67. The maximum absolute atomic E-state index is 13.5. The Morgan fingerprint density at radius 3 is 2.17 bits per heavy atom. The van der Waals surface area contributed by atoms with Gasteiger partial charge in [0.2, 0.25) is 0 Å². The van der Waals surface area contributed by atoms with Crippen LogP contribution in [0.2, 0.25) is 0 Å². The summed E-state index contributed by atoms with van der Waals surface area (Å²) in [5.41, 5.74) is -1.75. The first-order valence-electron chi connectivity index (χ1n) is 15.3. The fourth-order valence-electron chi connectivity index (χ4n) is 5.39. The maximum atomic E-state index is 13.5. The summed E-state index contributed by atoms with van der Waals surface area (Å²) in [6, 6.07) is 12.3. The molecular weight excluding hydrogens is 621 g/mol. The Morgan fingerprint density at radius 1 is 0.913 bits per heavy atom. The van der Waals surface area contributed by atoms with E-state index in [-0.39, 0.29) is 41.3 Å². The number of halogens is 3. The van der Waals surface area contributed by atoms with Crippen LogP contribution in [-0.2, 0) is 30.3 Å². The third-order valence-electron chi connectivity index (χ3n) is 7.30. The van der Waals surface area contributed by atoms with Crippen LogP contribution in [0.25, 0.3) is 5.57 Å². The van der Waals surface area contributed by atoms with Gasteiger partial charge >= 0.3 is 18.2 Å². The van der Waals surface area contributed by atoms with Gasteiger partial charge in [0.05, 0.1) is 16.2 Å². The molecule has 2 N–H and O–H groups in total. The van der Waals surface area contributed by atoms with Crippen molar-refractivity contribution in [2.45, 2.75) is 102 Å². The van der Waals surface area contributed by atoms with Crippen LogP contribution in [0.4, 0.5) is 18.0 Å². The van der Waals surface area contributed by atoms with Crippen LogP contribution < -0.4 is 10.6 Å². The highest BCUT2D eigenvalue weighted by molar-refractivity contribution is 7.91. The fraction of sp³-hybridized carbons (Fsp3) is 0.529. The van der Waals surface area contributed by atoms with Gasteiger partial charge < -0.3 is 20.1 Å². The molecule has 0 unspecified atom stereocenters. The lowest BCUT2D eigenvalue weighted by atomic mass is 9.82. The molecule has 0 saturated heterocycles. The van der Waals surface area contributed by atoms with Crippen molar-refractivity contribution in [1.29, 1.82) is 0 Å². The van der Waals surface area contributed by atoms with Crippen molar-refractivity contribution in [2.75, 3.05) is 12.3 Å². The molecule has 254 valence electrons. The van der Waals surface area contributed by atoms with E-state index >= 15 is 0 Å². The van der Waals surface area contributed by atoms with Gasteiger partial charge in [-0.05, 0) is 115 Å². The molecule has 0 bridgehead atoms. The minimum absolute atomic E-state index is 0.171. The van der Waals surface area contributed by atoms with Crippen LogP contribution in [0.1, 0.15) is 78.4 Å². The molecule has 0 spiro atoms. The van der Waals surface area contributed by atoms with Gasteiger partial charge in [0.1, 0.15) is 11.2 Å². The molecule has 8 nitrogen and oxygen atoms in total. The molecule has 0 heterocycles. The van der Waals surface area contributed by atoms with E-state index in [0.29, 0.717) is 24.8 Å². The van der Waals surface area contributed by atoms with Crippen molar-refractivity contribution in [3.63, 3.8) is 0 Å². The first-order chi connectivity index (χ1) is 21.2. The molecule has 12 heteroatoms. The lowest BCUT2D eigenvalue weighted by Crippen LogP contribution is -2.50. The molecular formula is C34H45F3N2O6S. The molecule has 1 aliphatic rings. The van der Waals surface area contributed by atoms with Crippen LogP contribution in [-0.4, -0.2) is 56.1 Å². The van der Waals surface area contributed by atoms with Gasteiger partial charge in [-0.25, -0.2) is 18.0 Å². The summed E-state index contributed by atoms with van der Waals surface area (Å²) in [5.74, 6) is -1.25. The highest BCUT2D eigenvalue weighted by Gasteiger charge is 2.35. The maximum Gasteiger partial charge on any atom is 0.416 e. The SMILES string of the molecule is CC(C)(C)OC(=O)C=C(CCN[C@H]1CC[C@@H](NC(=O)OC(C)(C)C)C[C@H]1CS(=O)(=O)c1ccccc1)c1cccc(C(F)(F)F)c1. The first kappa shape index (κ1) is 37.1. The molecule has 0 radical (unpaired) electrons. The Kier molecular flexibility index (Phi) is 12.1. The van der Waals surface area contributed by atoms with Gasteiger partial charge in [-0.15, -0.1) is 0 Å². The number of carbonyl (C=O) groups excluding carboxylic acids is 2. The topological polar surface area (TPSA) is 111 Å². The summed E-state index contributed by atoms with van der Waals surface area (Å²) < 4.78 is 78.1. The van der Waals surface area contributed by atoms with E-state index in [9.17, 15) is 31.2 Å². The lowest BCUT2D eigenvalue weighted by molar-refractivity contribution is -0.148. The fourth-order valence-corrected chi connectivity index (χ4v) is 7.09. The van der Waals surface area contributed by atoms with E-state index in [0.717, 1.165) is 12.1 Å². The van der Waals surface area contributed by atoms with Crippen molar-refractivity contribution in [1.82, 2.24) is 10.6 Å². The number of nitrogens with one attached hydrogen (secondary N) is 2. The Balaban J connectivity index is 1.82. The monoisotopic (exact) mass is 666 g/mol. The average molecular weight is 667 g/mol. The predicted octanol–water partition coefficient (Wildman–Crippen LogP) is 6.95. The largest absolute Gasteiger partial charge is 0.457 e. The summed E-state index contributed by atoms with van der Waals surface area (Å²) in [4.78, 5) is 25.4. The van der Waals surface area contributed by atoms with Gasteiger partial charge in [0, 0.05) is 18.2 Å². The zero-order valence-electron chi connectivity index (χ0n) is 27.2. The number of alkyl carbamates (subject to hydrolysis) is 1. The number of carbonyl (C=O) groups is 2. The van der Waals surface area contributed by atoms with Crippen molar-refractivity contribution in [2.24, 2.45) is 5.92 Å². The molecule has 1 fully saturated rings. The third-order valence-corrected chi connectivity index (χ3v) is 9.16. The van der Waals surface area contributed by atoms with Crippen molar-refractivity contribution < 1.29 is 40.7 Å². The smallest absolute Gasteiger partial charge is 0.416 e. The molecule has 0 aliphatic heterocycles. The van der Waals surface area contributed by atoms with Gasteiger partial charge in [0.25, 0.3) is 0 Å². The zero-order chi connectivity index (χ0) is 34.3. The molecule has 1 aliphatic carbocycles. The molecule has 2 aromatic rings. The quantitative estimate of drug-likeness (QED) is 0.209. The van der Waals surface area contributed by atoms with Gasteiger partial charge in [-0.1, -0.05) is 30.3 Å². The molecule has 46 heavy (non-hydrogen) atoms. The number of sulfone groups is 1. The number of amides is 1. The second-order valence-electron chi connectivity index (χ2n) is 13.6. The molecule has 3 atom stereocenters. The number of alkyl halides is 3. The highest BCUT2D eigenvalue weighted by atomic mass is 32.2. The molecule has 1 saturated carbocycles. The Hall–Kier alpha value is -3.38. The number of esters is 1. The summed E-state index contributed by atoms with van der Waals surface area (Å²) in [6.07, 6.45) is -2.29. The third kappa shape index (κ3) is 12.1. The first-order valence-corrected chi connectivity index (χ1v) is 17.0. The van der Waals surface area contributed by atoms with Gasteiger partial charge in [-0.2, -0.15) is 13.2 Å². The minimum Gasteiger partial charge on any atom is -0.457 e. The average Bonchev–Trinajstić information content (AvgIpc) is 2.91. The Labute approximate surface area is 270 Å². The number of hydrogen-bond acceptors (Lipinski definition) is 7. The van der Waals surface area contributed by atoms with E-state index in [1.54, 1.807) is 71.9 Å². The normalized spacial score (nSPS) is 19.8. The Bertz CT molecular complexity index is 1480. The van der Waals surface area contributed by atoms with E-state index < -0.39 is 50.8 Å². The van der Waals surface area contributed by atoms with Crippen LogP contribution in [0.5, 0.6) is 0 Å². The van der Waals surface area contributed by atoms with Crippen LogP contribution in [0.3, 0.4) is 0 Å². The van der Waals surface area contributed by atoms with Crippen LogP contribution in [0, 0.1) is 5.92 Å². The van der Waals surface area contributed by atoms with Gasteiger partial charge in [-0.3, -0.25) is 0 Å².